The molecule has 1 atom stereocenters. The van der Waals surface area contributed by atoms with E-state index >= 15 is 0 Å². The molecule has 1 aliphatic heterocycles. The Balaban J connectivity index is 1.60. The molecule has 1 heterocycles. The molecule has 0 radical (unpaired) electrons. The third-order valence-corrected chi connectivity index (χ3v) is 6.72. The summed E-state index contributed by atoms with van der Waals surface area (Å²) in [6, 6.07) is 12.0. The number of fused-ring (bicyclic) bond motifs is 1. The van der Waals surface area contributed by atoms with Crippen molar-refractivity contribution in [1.29, 1.82) is 0 Å². The summed E-state index contributed by atoms with van der Waals surface area (Å²) < 4.78 is 28.2. The van der Waals surface area contributed by atoms with Gasteiger partial charge in [0.2, 0.25) is 10.0 Å². The number of hydrogen-bond donors (Lipinski definition) is 1. The molecule has 0 aromatic heterocycles. The van der Waals surface area contributed by atoms with Crippen LogP contribution >= 0.6 is 11.8 Å². The lowest BCUT2D eigenvalue weighted by atomic mass is 10.1. The first kappa shape index (κ1) is 21.4. The standard InChI is InChI=1S/C20H22N2O5S2/c1-13-5-3-4-6-18(13)28-12-20(24)27-11-19(23)22-14(2)9-15-10-16(29(21,25)26)7-8-17(15)22/h3-8,10,14H,9,11-12H2,1-2H3,(H2,21,25,26)/t14-/m0/s1. The Kier molecular flexibility index (Phi) is 6.30. The Morgan fingerprint density at radius 1 is 1.24 bits per heavy atom. The van der Waals surface area contributed by atoms with Crippen LogP contribution in [0.4, 0.5) is 5.69 Å². The first-order valence-electron chi connectivity index (χ1n) is 8.98. The van der Waals surface area contributed by atoms with Crippen LogP contribution in [0.25, 0.3) is 0 Å². The zero-order valence-corrected chi connectivity index (χ0v) is 17.8. The minimum Gasteiger partial charge on any atom is -0.455 e. The summed E-state index contributed by atoms with van der Waals surface area (Å²) in [6.45, 7) is 3.45. The maximum atomic E-state index is 12.6. The number of hydrogen-bond acceptors (Lipinski definition) is 6. The van der Waals surface area contributed by atoms with Gasteiger partial charge in [0, 0.05) is 16.6 Å². The van der Waals surface area contributed by atoms with Crippen LogP contribution in [0.5, 0.6) is 0 Å². The molecule has 2 aromatic rings. The molecule has 0 fully saturated rings. The van der Waals surface area contributed by atoms with Crippen molar-refractivity contribution < 1.29 is 22.7 Å². The van der Waals surface area contributed by atoms with Crippen molar-refractivity contribution in [3.05, 3.63) is 53.6 Å². The zero-order valence-electron chi connectivity index (χ0n) is 16.1. The van der Waals surface area contributed by atoms with Gasteiger partial charge in [-0.15, -0.1) is 11.8 Å². The summed E-state index contributed by atoms with van der Waals surface area (Å²) in [7, 11) is -3.81. The van der Waals surface area contributed by atoms with E-state index < -0.39 is 16.0 Å². The molecule has 0 unspecified atom stereocenters. The molecule has 0 saturated carbocycles. The van der Waals surface area contributed by atoms with E-state index in [4.69, 9.17) is 9.88 Å². The predicted molar refractivity (Wildman–Crippen MR) is 111 cm³/mol. The highest BCUT2D eigenvalue weighted by Crippen LogP contribution is 2.33. The number of esters is 1. The van der Waals surface area contributed by atoms with Crippen LogP contribution in [0.1, 0.15) is 18.1 Å². The van der Waals surface area contributed by atoms with E-state index in [1.807, 2.05) is 38.1 Å². The molecule has 0 saturated heterocycles. The Labute approximate surface area is 174 Å². The van der Waals surface area contributed by atoms with Crippen molar-refractivity contribution in [2.45, 2.75) is 36.1 Å². The summed E-state index contributed by atoms with van der Waals surface area (Å²) >= 11 is 1.36. The average Bonchev–Trinajstić information content (AvgIpc) is 2.99. The third-order valence-electron chi connectivity index (χ3n) is 4.66. The number of amides is 1. The first-order valence-corrected chi connectivity index (χ1v) is 11.5. The molecule has 2 N–H and O–H groups in total. The number of nitrogens with zero attached hydrogens (tertiary/aromatic N) is 1. The summed E-state index contributed by atoms with van der Waals surface area (Å²) in [4.78, 5) is 27.2. The number of primary sulfonamides is 1. The first-order chi connectivity index (χ1) is 13.7. The number of thioether (sulfide) groups is 1. The Morgan fingerprint density at radius 2 is 1.97 bits per heavy atom. The number of aryl methyl sites for hydroxylation is 1. The topological polar surface area (TPSA) is 107 Å². The number of ether oxygens (including phenoxy) is 1. The van der Waals surface area contributed by atoms with Crippen molar-refractivity contribution >= 4 is 39.3 Å². The highest BCUT2D eigenvalue weighted by atomic mass is 32.2. The molecule has 29 heavy (non-hydrogen) atoms. The van der Waals surface area contributed by atoms with Gasteiger partial charge in [0.05, 0.1) is 10.6 Å². The lowest BCUT2D eigenvalue weighted by Crippen LogP contribution is -2.38. The second-order valence-electron chi connectivity index (χ2n) is 6.87. The predicted octanol–water partition coefficient (Wildman–Crippen LogP) is 2.26. The van der Waals surface area contributed by atoms with E-state index in [1.165, 1.54) is 28.8 Å². The lowest BCUT2D eigenvalue weighted by molar-refractivity contribution is -0.145. The summed E-state index contributed by atoms with van der Waals surface area (Å²) in [5.41, 5.74) is 2.40. The van der Waals surface area contributed by atoms with Gasteiger partial charge in [0.15, 0.2) is 6.61 Å². The number of carbonyl (C=O) groups excluding carboxylic acids is 2. The fourth-order valence-corrected chi connectivity index (χ4v) is 4.66. The monoisotopic (exact) mass is 434 g/mol. The maximum Gasteiger partial charge on any atom is 0.316 e. The fourth-order valence-electron chi connectivity index (χ4n) is 3.27. The van der Waals surface area contributed by atoms with Crippen molar-refractivity contribution in [3.63, 3.8) is 0 Å². The molecule has 0 bridgehead atoms. The molecular formula is C20H22N2O5S2. The van der Waals surface area contributed by atoms with Gasteiger partial charge in [-0.2, -0.15) is 0 Å². The van der Waals surface area contributed by atoms with Gasteiger partial charge in [0.25, 0.3) is 5.91 Å². The molecule has 2 aromatic carbocycles. The number of anilines is 1. The SMILES string of the molecule is Cc1ccccc1SCC(=O)OCC(=O)N1c2ccc(S(N)(=O)=O)cc2C[C@@H]1C. The van der Waals surface area contributed by atoms with Crippen molar-refractivity contribution in [2.75, 3.05) is 17.3 Å². The lowest BCUT2D eigenvalue weighted by Gasteiger charge is -2.22. The van der Waals surface area contributed by atoms with E-state index in [0.29, 0.717) is 12.1 Å². The van der Waals surface area contributed by atoms with Crippen LogP contribution in [0, 0.1) is 6.92 Å². The smallest absolute Gasteiger partial charge is 0.316 e. The van der Waals surface area contributed by atoms with Crippen LogP contribution in [0.3, 0.4) is 0 Å². The number of sulfonamides is 1. The molecule has 0 spiro atoms. The van der Waals surface area contributed by atoms with Crippen LogP contribution in [-0.4, -0.2) is 38.7 Å². The quantitative estimate of drug-likeness (QED) is 0.552. The Hall–Kier alpha value is -2.36. The van der Waals surface area contributed by atoms with Crippen LogP contribution < -0.4 is 10.0 Å². The Morgan fingerprint density at radius 3 is 2.66 bits per heavy atom. The van der Waals surface area contributed by atoms with Gasteiger partial charge in [-0.05, 0) is 55.7 Å². The van der Waals surface area contributed by atoms with Gasteiger partial charge in [-0.25, -0.2) is 13.6 Å². The van der Waals surface area contributed by atoms with Gasteiger partial charge in [-0.1, -0.05) is 18.2 Å². The second kappa shape index (κ2) is 8.56. The minimum atomic E-state index is -3.81. The number of carbonyl (C=O) groups is 2. The van der Waals surface area contributed by atoms with Crippen LogP contribution in [0.15, 0.2) is 52.3 Å². The van der Waals surface area contributed by atoms with Crippen molar-refractivity contribution in [3.8, 4) is 0 Å². The number of nitrogens with two attached hydrogens (primary N) is 1. The van der Waals surface area contributed by atoms with Gasteiger partial charge < -0.3 is 9.64 Å². The zero-order chi connectivity index (χ0) is 21.2. The molecule has 1 aliphatic rings. The number of benzene rings is 2. The van der Waals surface area contributed by atoms with Crippen molar-refractivity contribution in [2.24, 2.45) is 5.14 Å². The Bertz CT molecular complexity index is 1050. The summed E-state index contributed by atoms with van der Waals surface area (Å²) in [6.07, 6.45) is 0.502. The van der Waals surface area contributed by atoms with Crippen LogP contribution in [0.2, 0.25) is 0 Å². The minimum absolute atomic E-state index is 0.0115. The largest absolute Gasteiger partial charge is 0.455 e. The molecule has 1 amide bonds. The molecule has 3 rings (SSSR count). The molecule has 0 aliphatic carbocycles. The van der Waals surface area contributed by atoms with E-state index in [0.717, 1.165) is 16.0 Å². The molecular weight excluding hydrogens is 412 g/mol. The van der Waals surface area contributed by atoms with Crippen LogP contribution in [-0.2, 0) is 30.8 Å². The molecule has 9 heteroatoms. The average molecular weight is 435 g/mol. The van der Waals surface area contributed by atoms with Crippen molar-refractivity contribution in [1.82, 2.24) is 0 Å². The highest BCUT2D eigenvalue weighted by Gasteiger charge is 2.32. The molecule has 154 valence electrons. The summed E-state index contributed by atoms with van der Waals surface area (Å²) in [5, 5.41) is 5.17. The molecule has 7 nitrogen and oxygen atoms in total. The van der Waals surface area contributed by atoms with E-state index in [2.05, 4.69) is 0 Å². The van der Waals surface area contributed by atoms with Gasteiger partial charge in [-0.3, -0.25) is 9.59 Å². The third kappa shape index (κ3) is 4.98. The van der Waals surface area contributed by atoms with E-state index in [-0.39, 0.29) is 29.2 Å². The van der Waals surface area contributed by atoms with E-state index in [1.54, 1.807) is 6.07 Å². The normalized spacial score (nSPS) is 15.8. The maximum absolute atomic E-state index is 12.6. The highest BCUT2D eigenvalue weighted by molar-refractivity contribution is 8.00. The number of rotatable bonds is 6. The summed E-state index contributed by atoms with van der Waals surface area (Å²) in [5.74, 6) is -0.709. The van der Waals surface area contributed by atoms with E-state index in [9.17, 15) is 18.0 Å². The second-order valence-corrected chi connectivity index (χ2v) is 9.45. The van der Waals surface area contributed by atoms with Gasteiger partial charge in [0.1, 0.15) is 0 Å². The fraction of sp³-hybridized carbons (Fsp3) is 0.300. The van der Waals surface area contributed by atoms with Gasteiger partial charge >= 0.3 is 5.97 Å².